The quantitative estimate of drug-likeness (QED) is 0.185. The van der Waals surface area contributed by atoms with Crippen LogP contribution in [-0.4, -0.2) is 36.6 Å². The van der Waals surface area contributed by atoms with Gasteiger partial charge in [-0.1, -0.05) is 28.8 Å². The number of nitro groups is 2. The average molecular weight is 515 g/mol. The number of hydrogen-bond donors (Lipinski definition) is 0. The summed E-state index contributed by atoms with van der Waals surface area (Å²) in [5.41, 5.74) is -1.43. The summed E-state index contributed by atoms with van der Waals surface area (Å²) in [5.74, 6) is -0.893. The molecule has 0 N–H and O–H groups in total. The van der Waals surface area contributed by atoms with Crippen LogP contribution in [0.15, 0.2) is 51.8 Å². The summed E-state index contributed by atoms with van der Waals surface area (Å²) in [6, 6.07) is 9.01. The Bertz CT molecular complexity index is 1040. The van der Waals surface area contributed by atoms with Gasteiger partial charge in [-0.25, -0.2) is 13.2 Å². The summed E-state index contributed by atoms with van der Waals surface area (Å²) in [6.07, 6.45) is 2.12. The van der Waals surface area contributed by atoms with E-state index in [-0.39, 0.29) is 22.8 Å². The van der Waals surface area contributed by atoms with Gasteiger partial charge in [0.1, 0.15) is 0 Å². The molecule has 0 aliphatic rings. The predicted octanol–water partition coefficient (Wildman–Crippen LogP) is 4.46. The minimum atomic E-state index is -3.36. The molecule has 0 aromatic heterocycles. The molecular weight excluding hydrogens is 496 g/mol. The Morgan fingerprint density at radius 1 is 0.903 bits per heavy atom. The summed E-state index contributed by atoms with van der Waals surface area (Å²) >= 11 is 3.25. The van der Waals surface area contributed by atoms with E-state index in [9.17, 15) is 33.4 Å². The Kier molecular flexibility index (Phi) is 8.63. The molecule has 0 saturated heterocycles. The molecule has 0 spiro atoms. The molecule has 0 fully saturated rings. The first kappa shape index (κ1) is 24.4. The molecule has 0 saturated carbocycles. The van der Waals surface area contributed by atoms with Gasteiger partial charge in [-0.2, -0.15) is 0 Å². The molecule has 2 aromatic carbocycles. The lowest BCUT2D eigenvalue weighted by molar-refractivity contribution is -0.394. The van der Waals surface area contributed by atoms with Crippen molar-refractivity contribution < 1.29 is 27.8 Å². The second kappa shape index (κ2) is 11.0. The van der Waals surface area contributed by atoms with Crippen LogP contribution in [0, 0.1) is 20.2 Å². The van der Waals surface area contributed by atoms with Gasteiger partial charge in [0.05, 0.1) is 38.7 Å². The fraction of sp³-hybridized carbons (Fsp3) is 0.316. The summed E-state index contributed by atoms with van der Waals surface area (Å²) in [5, 5.41) is 21.7. The normalized spacial score (nSPS) is 11.1. The van der Waals surface area contributed by atoms with E-state index in [1.165, 1.54) is 12.1 Å². The molecule has 0 radical (unpaired) electrons. The number of esters is 1. The largest absolute Gasteiger partial charge is 0.462 e. The molecule has 0 aliphatic carbocycles. The minimum Gasteiger partial charge on any atom is -0.462 e. The molecule has 2 rings (SSSR count). The number of rotatable bonds is 11. The van der Waals surface area contributed by atoms with Gasteiger partial charge < -0.3 is 4.74 Å². The van der Waals surface area contributed by atoms with Crippen molar-refractivity contribution in [2.45, 2.75) is 30.6 Å². The lowest BCUT2D eigenvalue weighted by Crippen LogP contribution is -2.08. The number of carbonyl (C=O) groups excluding carboxylic acids is 1. The fourth-order valence-corrected chi connectivity index (χ4v) is 4.31. The first-order chi connectivity index (χ1) is 14.6. The van der Waals surface area contributed by atoms with Crippen LogP contribution in [-0.2, 0) is 14.6 Å². The Labute approximate surface area is 186 Å². The number of halogens is 1. The third kappa shape index (κ3) is 7.40. The topological polar surface area (TPSA) is 147 Å². The van der Waals surface area contributed by atoms with Crippen LogP contribution in [0.25, 0.3) is 0 Å². The lowest BCUT2D eigenvalue weighted by Gasteiger charge is -2.06. The standard InChI is InChI=1S/C19H19BrN2O8S/c20-15-5-7-18(8-6-15)31(28,29)10-4-2-1-3-9-30-19(23)14-11-16(21(24)25)13-17(12-14)22(26)27/h5-8,11-13H,1-4,9-10H2. The summed E-state index contributed by atoms with van der Waals surface area (Å²) in [4.78, 5) is 32.4. The number of carbonyl (C=O) groups is 1. The van der Waals surface area contributed by atoms with Crippen molar-refractivity contribution in [1.29, 1.82) is 0 Å². The van der Waals surface area contributed by atoms with Crippen molar-refractivity contribution in [1.82, 2.24) is 0 Å². The summed E-state index contributed by atoms with van der Waals surface area (Å²) in [6.45, 7) is 0.00872. The number of non-ortho nitro benzene ring substituents is 2. The number of benzene rings is 2. The number of nitrogens with zero attached hydrogens (tertiary/aromatic N) is 2. The lowest BCUT2D eigenvalue weighted by atomic mass is 10.1. The van der Waals surface area contributed by atoms with Crippen molar-refractivity contribution in [2.75, 3.05) is 12.4 Å². The van der Waals surface area contributed by atoms with Crippen LogP contribution in [0.1, 0.15) is 36.0 Å². The third-order valence-corrected chi connectivity index (χ3v) is 6.62. The van der Waals surface area contributed by atoms with Crippen molar-refractivity contribution >= 4 is 43.1 Å². The maximum atomic E-state index is 12.2. The minimum absolute atomic E-state index is 0.00572. The van der Waals surface area contributed by atoms with Crippen molar-refractivity contribution in [3.63, 3.8) is 0 Å². The van der Waals surface area contributed by atoms with Gasteiger partial charge in [0.2, 0.25) is 0 Å². The second-order valence-electron chi connectivity index (χ2n) is 6.58. The van der Waals surface area contributed by atoms with Gasteiger partial charge in [-0.15, -0.1) is 0 Å². The van der Waals surface area contributed by atoms with Crippen molar-refractivity contribution in [3.05, 3.63) is 72.7 Å². The Balaban J connectivity index is 1.76. The van der Waals surface area contributed by atoms with Crippen molar-refractivity contribution in [3.8, 4) is 0 Å². The number of unbranched alkanes of at least 4 members (excludes halogenated alkanes) is 3. The molecule has 0 bridgehead atoms. The molecule has 0 heterocycles. The smallest absolute Gasteiger partial charge is 0.338 e. The van der Waals surface area contributed by atoms with E-state index < -0.39 is 37.0 Å². The van der Waals surface area contributed by atoms with E-state index in [1.807, 2.05) is 0 Å². The molecule has 0 amide bonds. The monoisotopic (exact) mass is 514 g/mol. The van der Waals surface area contributed by atoms with Gasteiger partial charge in [0, 0.05) is 16.6 Å². The zero-order valence-corrected chi connectivity index (χ0v) is 18.6. The highest BCUT2D eigenvalue weighted by Crippen LogP contribution is 2.23. The fourth-order valence-electron chi connectivity index (χ4n) is 2.68. The van der Waals surface area contributed by atoms with Gasteiger partial charge >= 0.3 is 5.97 Å². The molecule has 0 unspecified atom stereocenters. The zero-order chi connectivity index (χ0) is 23.0. The number of ether oxygens (including phenoxy) is 1. The molecule has 31 heavy (non-hydrogen) atoms. The highest BCUT2D eigenvalue weighted by atomic mass is 79.9. The van der Waals surface area contributed by atoms with E-state index in [0.29, 0.717) is 25.7 Å². The zero-order valence-electron chi connectivity index (χ0n) is 16.2. The maximum Gasteiger partial charge on any atom is 0.338 e. The van der Waals surface area contributed by atoms with Crippen LogP contribution in [0.4, 0.5) is 11.4 Å². The molecule has 12 heteroatoms. The van der Waals surface area contributed by atoms with Gasteiger partial charge in [0.15, 0.2) is 9.84 Å². The molecule has 0 aliphatic heterocycles. The van der Waals surface area contributed by atoms with Gasteiger partial charge in [-0.05, 0) is 37.1 Å². The van der Waals surface area contributed by atoms with E-state index in [4.69, 9.17) is 4.74 Å². The maximum absolute atomic E-state index is 12.2. The molecule has 166 valence electrons. The van der Waals surface area contributed by atoms with E-state index >= 15 is 0 Å². The third-order valence-electron chi connectivity index (χ3n) is 4.27. The number of hydrogen-bond acceptors (Lipinski definition) is 8. The molecule has 10 nitrogen and oxygen atoms in total. The molecular formula is C19H19BrN2O8S. The Morgan fingerprint density at radius 2 is 1.45 bits per heavy atom. The molecule has 2 aromatic rings. The summed E-state index contributed by atoms with van der Waals surface area (Å²) in [7, 11) is -3.36. The highest BCUT2D eigenvalue weighted by Gasteiger charge is 2.20. The predicted molar refractivity (Wildman–Crippen MR) is 115 cm³/mol. The first-order valence-electron chi connectivity index (χ1n) is 9.19. The van der Waals surface area contributed by atoms with Crippen LogP contribution in [0.5, 0.6) is 0 Å². The van der Waals surface area contributed by atoms with Crippen molar-refractivity contribution in [2.24, 2.45) is 0 Å². The SMILES string of the molecule is O=C(OCCCCCCS(=O)(=O)c1ccc(Br)cc1)c1cc([N+](=O)[O-])cc([N+](=O)[O-])c1. The van der Waals surface area contributed by atoms with Crippen LogP contribution in [0.3, 0.4) is 0 Å². The van der Waals surface area contributed by atoms with Crippen LogP contribution < -0.4 is 0 Å². The second-order valence-corrected chi connectivity index (χ2v) is 9.60. The van der Waals surface area contributed by atoms with E-state index in [1.54, 1.807) is 12.1 Å². The Hall–Kier alpha value is -2.86. The number of nitro benzene ring substituents is 2. The van der Waals surface area contributed by atoms with E-state index in [2.05, 4.69) is 15.9 Å². The van der Waals surface area contributed by atoms with Gasteiger partial charge in [0.25, 0.3) is 11.4 Å². The van der Waals surface area contributed by atoms with Crippen LogP contribution >= 0.6 is 15.9 Å². The van der Waals surface area contributed by atoms with Crippen LogP contribution in [0.2, 0.25) is 0 Å². The average Bonchev–Trinajstić information content (AvgIpc) is 2.72. The highest BCUT2D eigenvalue weighted by molar-refractivity contribution is 9.10. The number of sulfone groups is 1. The van der Waals surface area contributed by atoms with E-state index in [0.717, 1.165) is 22.7 Å². The molecule has 0 atom stereocenters. The summed E-state index contributed by atoms with van der Waals surface area (Å²) < 4.78 is 30.3. The Morgan fingerprint density at radius 3 is 2.00 bits per heavy atom. The van der Waals surface area contributed by atoms with Gasteiger partial charge in [-0.3, -0.25) is 20.2 Å². The first-order valence-corrected chi connectivity index (χ1v) is 11.6.